The highest BCUT2D eigenvalue weighted by molar-refractivity contribution is 5.60. The highest BCUT2D eigenvalue weighted by atomic mass is 16.5. The molecule has 1 fully saturated rings. The number of aliphatic hydroxyl groups is 2. The Labute approximate surface area is 101 Å². The fraction of sp³-hybridized carbons (Fsp3) is 0.538. The molecule has 1 saturated heterocycles. The molecule has 0 aromatic heterocycles. The van der Waals surface area contributed by atoms with Gasteiger partial charge in [-0.1, -0.05) is 12.1 Å². The van der Waals surface area contributed by atoms with E-state index in [4.69, 9.17) is 4.74 Å². The van der Waals surface area contributed by atoms with Gasteiger partial charge >= 0.3 is 0 Å². The van der Waals surface area contributed by atoms with E-state index in [9.17, 15) is 10.2 Å². The average Bonchev–Trinajstić information content (AvgIpc) is 2.81. The van der Waals surface area contributed by atoms with Gasteiger partial charge in [0.1, 0.15) is 5.75 Å². The van der Waals surface area contributed by atoms with E-state index >= 15 is 0 Å². The highest BCUT2D eigenvalue weighted by Crippen LogP contribution is 2.36. The van der Waals surface area contributed by atoms with Gasteiger partial charge in [-0.3, -0.25) is 0 Å². The number of hydrogen-bond donors (Lipinski definition) is 2. The zero-order valence-electron chi connectivity index (χ0n) is 10.0. The quantitative estimate of drug-likeness (QED) is 0.821. The van der Waals surface area contributed by atoms with Crippen LogP contribution in [0.25, 0.3) is 0 Å². The summed E-state index contributed by atoms with van der Waals surface area (Å²) < 4.78 is 5.34. The number of anilines is 1. The SMILES string of the molecule is COc1ccccc1N1C(CO)CCC1CO. The van der Waals surface area contributed by atoms with Crippen LogP contribution in [-0.4, -0.2) is 42.6 Å². The number of aliphatic hydroxyl groups excluding tert-OH is 2. The molecule has 2 rings (SSSR count). The molecule has 17 heavy (non-hydrogen) atoms. The predicted molar refractivity (Wildman–Crippen MR) is 66.5 cm³/mol. The summed E-state index contributed by atoms with van der Waals surface area (Å²) in [7, 11) is 1.64. The summed E-state index contributed by atoms with van der Waals surface area (Å²) in [5.74, 6) is 0.784. The van der Waals surface area contributed by atoms with Gasteiger partial charge in [0.25, 0.3) is 0 Å². The van der Waals surface area contributed by atoms with Crippen molar-refractivity contribution in [3.8, 4) is 5.75 Å². The number of nitrogens with zero attached hydrogens (tertiary/aromatic N) is 1. The fourth-order valence-corrected chi connectivity index (χ4v) is 2.56. The van der Waals surface area contributed by atoms with Gasteiger partial charge in [-0.05, 0) is 25.0 Å². The Morgan fingerprint density at radius 3 is 2.29 bits per heavy atom. The molecule has 1 aromatic carbocycles. The lowest BCUT2D eigenvalue weighted by Crippen LogP contribution is -2.40. The number of para-hydroxylation sites is 2. The van der Waals surface area contributed by atoms with Crippen molar-refractivity contribution in [1.29, 1.82) is 0 Å². The number of ether oxygens (including phenoxy) is 1. The third kappa shape index (κ3) is 2.23. The fourth-order valence-electron chi connectivity index (χ4n) is 2.56. The second-order valence-electron chi connectivity index (χ2n) is 4.33. The first-order chi connectivity index (χ1) is 8.31. The largest absolute Gasteiger partial charge is 0.495 e. The normalized spacial score (nSPS) is 24.1. The van der Waals surface area contributed by atoms with Crippen LogP contribution in [0.1, 0.15) is 12.8 Å². The molecular weight excluding hydrogens is 218 g/mol. The molecule has 2 unspecified atom stereocenters. The molecular formula is C13H19NO3. The lowest BCUT2D eigenvalue weighted by atomic mass is 10.2. The van der Waals surface area contributed by atoms with Crippen LogP contribution in [0.2, 0.25) is 0 Å². The number of rotatable bonds is 4. The van der Waals surface area contributed by atoms with E-state index in [2.05, 4.69) is 4.90 Å². The lowest BCUT2D eigenvalue weighted by Gasteiger charge is -2.31. The third-order valence-corrected chi connectivity index (χ3v) is 3.40. The topological polar surface area (TPSA) is 52.9 Å². The summed E-state index contributed by atoms with van der Waals surface area (Å²) in [6.07, 6.45) is 1.81. The second-order valence-corrected chi connectivity index (χ2v) is 4.33. The maximum absolute atomic E-state index is 9.41. The molecule has 94 valence electrons. The van der Waals surface area contributed by atoms with Gasteiger partial charge in [0.15, 0.2) is 0 Å². The van der Waals surface area contributed by atoms with Crippen LogP contribution < -0.4 is 9.64 Å². The van der Waals surface area contributed by atoms with Gasteiger partial charge < -0.3 is 19.8 Å². The van der Waals surface area contributed by atoms with Crippen molar-refractivity contribution in [3.63, 3.8) is 0 Å². The zero-order valence-corrected chi connectivity index (χ0v) is 10.0. The van der Waals surface area contributed by atoms with Gasteiger partial charge in [-0.2, -0.15) is 0 Å². The minimum absolute atomic E-state index is 0.0726. The van der Waals surface area contributed by atoms with Crippen LogP contribution >= 0.6 is 0 Å². The number of hydrogen-bond acceptors (Lipinski definition) is 4. The Morgan fingerprint density at radius 2 is 1.76 bits per heavy atom. The van der Waals surface area contributed by atoms with Crippen molar-refractivity contribution in [1.82, 2.24) is 0 Å². The third-order valence-electron chi connectivity index (χ3n) is 3.40. The summed E-state index contributed by atoms with van der Waals surface area (Å²) in [6.45, 7) is 0.211. The van der Waals surface area contributed by atoms with Gasteiger partial charge in [-0.15, -0.1) is 0 Å². The average molecular weight is 237 g/mol. The van der Waals surface area contributed by atoms with Crippen molar-refractivity contribution in [3.05, 3.63) is 24.3 Å². The molecule has 1 aromatic rings. The van der Waals surface area contributed by atoms with Crippen LogP contribution in [0.5, 0.6) is 5.75 Å². The summed E-state index contributed by atoms with van der Waals surface area (Å²) in [6, 6.07) is 7.87. The summed E-state index contributed by atoms with van der Waals surface area (Å²) >= 11 is 0. The molecule has 0 spiro atoms. The van der Waals surface area contributed by atoms with Gasteiger partial charge in [0.05, 0.1) is 38.1 Å². The van der Waals surface area contributed by atoms with Crippen LogP contribution in [0.3, 0.4) is 0 Å². The van der Waals surface area contributed by atoms with E-state index in [1.165, 1.54) is 0 Å². The first-order valence-corrected chi connectivity index (χ1v) is 5.95. The molecule has 1 aliphatic heterocycles. The molecule has 4 nitrogen and oxygen atoms in total. The van der Waals surface area contributed by atoms with Gasteiger partial charge in [0, 0.05) is 0 Å². The van der Waals surface area contributed by atoms with E-state index in [1.54, 1.807) is 7.11 Å². The first kappa shape index (κ1) is 12.2. The number of methoxy groups -OCH3 is 1. The van der Waals surface area contributed by atoms with Crippen molar-refractivity contribution >= 4 is 5.69 Å². The molecule has 1 aliphatic rings. The monoisotopic (exact) mass is 237 g/mol. The van der Waals surface area contributed by atoms with Crippen molar-refractivity contribution in [2.45, 2.75) is 24.9 Å². The van der Waals surface area contributed by atoms with Crippen molar-refractivity contribution in [2.75, 3.05) is 25.2 Å². The van der Waals surface area contributed by atoms with E-state index in [1.807, 2.05) is 24.3 Å². The standard InChI is InChI=1S/C13H19NO3/c1-17-13-5-3-2-4-12(13)14-10(8-15)6-7-11(14)9-16/h2-5,10-11,15-16H,6-9H2,1H3. The highest BCUT2D eigenvalue weighted by Gasteiger charge is 2.33. The molecule has 1 heterocycles. The van der Waals surface area contributed by atoms with Crippen LogP contribution in [0, 0.1) is 0 Å². The molecule has 0 amide bonds. The minimum Gasteiger partial charge on any atom is -0.495 e. The van der Waals surface area contributed by atoms with Gasteiger partial charge in [0.2, 0.25) is 0 Å². The molecule has 4 heteroatoms. The Kier molecular flexibility index (Phi) is 3.86. The van der Waals surface area contributed by atoms with Crippen LogP contribution in [0.4, 0.5) is 5.69 Å². The van der Waals surface area contributed by atoms with Crippen LogP contribution in [-0.2, 0) is 0 Å². The maximum atomic E-state index is 9.41. The molecule has 0 bridgehead atoms. The smallest absolute Gasteiger partial charge is 0.142 e. The second kappa shape index (κ2) is 5.38. The summed E-state index contributed by atoms with van der Waals surface area (Å²) in [5, 5.41) is 18.8. The molecule has 2 N–H and O–H groups in total. The number of benzene rings is 1. The zero-order chi connectivity index (χ0) is 12.3. The van der Waals surface area contributed by atoms with E-state index in [0.717, 1.165) is 24.3 Å². The predicted octanol–water partition coefficient (Wildman–Crippen LogP) is 1.02. The van der Waals surface area contributed by atoms with E-state index in [0.29, 0.717) is 0 Å². The minimum atomic E-state index is 0.0726. The van der Waals surface area contributed by atoms with Crippen molar-refractivity contribution in [2.24, 2.45) is 0 Å². The first-order valence-electron chi connectivity index (χ1n) is 5.95. The Morgan fingerprint density at radius 1 is 1.18 bits per heavy atom. The lowest BCUT2D eigenvalue weighted by molar-refractivity contribution is 0.247. The maximum Gasteiger partial charge on any atom is 0.142 e. The Hall–Kier alpha value is -1.26. The van der Waals surface area contributed by atoms with E-state index in [-0.39, 0.29) is 25.3 Å². The van der Waals surface area contributed by atoms with Crippen LogP contribution in [0.15, 0.2) is 24.3 Å². The summed E-state index contributed by atoms with van der Waals surface area (Å²) in [5.41, 5.74) is 0.950. The van der Waals surface area contributed by atoms with E-state index < -0.39 is 0 Å². The molecule has 2 atom stereocenters. The molecule has 0 radical (unpaired) electrons. The van der Waals surface area contributed by atoms with Crippen molar-refractivity contribution < 1.29 is 14.9 Å². The van der Waals surface area contributed by atoms with Gasteiger partial charge in [-0.25, -0.2) is 0 Å². The Balaban J connectivity index is 2.34. The summed E-state index contributed by atoms with van der Waals surface area (Å²) in [4.78, 5) is 2.08. The Bertz CT molecular complexity index is 357. The molecule has 0 saturated carbocycles. The molecule has 0 aliphatic carbocycles.